The van der Waals surface area contributed by atoms with Crippen LogP contribution in [0.4, 0.5) is 0 Å². The highest BCUT2D eigenvalue weighted by Crippen LogP contribution is 2.33. The Balaban J connectivity index is 1.69. The second kappa shape index (κ2) is 8.44. The van der Waals surface area contributed by atoms with Crippen LogP contribution in [-0.2, 0) is 21.2 Å². The summed E-state index contributed by atoms with van der Waals surface area (Å²) in [5.74, 6) is 0.575. The number of amides is 1. The van der Waals surface area contributed by atoms with E-state index in [0.717, 1.165) is 11.1 Å². The molecule has 0 spiro atoms. The van der Waals surface area contributed by atoms with Gasteiger partial charge in [-0.05, 0) is 47.9 Å². The maximum Gasteiger partial charge on any atom is 0.266 e. The van der Waals surface area contributed by atoms with E-state index < -0.39 is 10.0 Å². The minimum absolute atomic E-state index is 0.0584. The Labute approximate surface area is 173 Å². The largest absolute Gasteiger partial charge is 0.497 e. The van der Waals surface area contributed by atoms with Crippen LogP contribution in [0.3, 0.4) is 0 Å². The molecule has 0 atom stereocenters. The average Bonchev–Trinajstić information content (AvgIpc) is 2.93. The number of nitrogens with zero attached hydrogens (tertiary/aromatic N) is 1. The minimum atomic E-state index is -3.71. The lowest BCUT2D eigenvalue weighted by atomic mass is 10.1. The van der Waals surface area contributed by atoms with Gasteiger partial charge in [0.2, 0.25) is 10.0 Å². The van der Waals surface area contributed by atoms with E-state index in [-0.39, 0.29) is 10.8 Å². The van der Waals surface area contributed by atoms with E-state index in [4.69, 9.17) is 22.1 Å². The van der Waals surface area contributed by atoms with Crippen LogP contribution in [0.5, 0.6) is 5.75 Å². The molecule has 0 bridgehead atoms. The number of primary sulfonamides is 1. The summed E-state index contributed by atoms with van der Waals surface area (Å²) in [7, 11) is -2.12. The van der Waals surface area contributed by atoms with Gasteiger partial charge < -0.3 is 4.74 Å². The van der Waals surface area contributed by atoms with E-state index in [2.05, 4.69) is 0 Å². The first-order valence-corrected chi connectivity index (χ1v) is 11.1. The van der Waals surface area contributed by atoms with Gasteiger partial charge in [-0.3, -0.25) is 9.69 Å². The molecule has 0 saturated carbocycles. The molecule has 2 aromatic carbocycles. The molecule has 0 aliphatic carbocycles. The maximum atomic E-state index is 12.7. The molecule has 28 heavy (non-hydrogen) atoms. The number of carbonyl (C=O) groups is 1. The topological polar surface area (TPSA) is 89.7 Å². The highest BCUT2D eigenvalue weighted by Gasteiger charge is 2.31. The van der Waals surface area contributed by atoms with Crippen molar-refractivity contribution in [3.05, 3.63) is 64.6 Å². The zero-order valence-corrected chi connectivity index (χ0v) is 17.4. The molecule has 0 radical (unpaired) electrons. The molecule has 0 unspecified atom stereocenters. The van der Waals surface area contributed by atoms with E-state index in [0.29, 0.717) is 27.9 Å². The quantitative estimate of drug-likeness (QED) is 0.555. The van der Waals surface area contributed by atoms with Gasteiger partial charge in [-0.1, -0.05) is 48.2 Å². The highest BCUT2D eigenvalue weighted by atomic mass is 32.2. The minimum Gasteiger partial charge on any atom is -0.497 e. The summed E-state index contributed by atoms with van der Waals surface area (Å²) in [4.78, 5) is 14.9. The van der Waals surface area contributed by atoms with Crippen LogP contribution in [0.25, 0.3) is 6.08 Å². The Kier molecular flexibility index (Phi) is 6.19. The van der Waals surface area contributed by atoms with Gasteiger partial charge in [0.25, 0.3) is 5.91 Å². The summed E-state index contributed by atoms with van der Waals surface area (Å²) >= 11 is 6.61. The number of ether oxygens (including phenoxy) is 1. The third kappa shape index (κ3) is 4.79. The van der Waals surface area contributed by atoms with Crippen molar-refractivity contribution in [3.8, 4) is 5.75 Å². The lowest BCUT2D eigenvalue weighted by Crippen LogP contribution is -2.30. The van der Waals surface area contributed by atoms with Crippen molar-refractivity contribution in [2.45, 2.75) is 11.3 Å². The summed E-state index contributed by atoms with van der Waals surface area (Å²) in [6, 6.07) is 13.7. The third-order valence-electron chi connectivity index (χ3n) is 4.14. The summed E-state index contributed by atoms with van der Waals surface area (Å²) in [6.45, 7) is 0.412. The van der Waals surface area contributed by atoms with Gasteiger partial charge in [0, 0.05) is 6.54 Å². The van der Waals surface area contributed by atoms with E-state index in [1.165, 1.54) is 23.9 Å². The first-order chi connectivity index (χ1) is 13.3. The molecular weight excluding hydrogens is 416 g/mol. The van der Waals surface area contributed by atoms with E-state index in [1.807, 2.05) is 24.3 Å². The molecule has 1 aliphatic rings. The Bertz CT molecular complexity index is 1050. The molecule has 1 saturated heterocycles. The Morgan fingerprint density at radius 3 is 2.57 bits per heavy atom. The smallest absolute Gasteiger partial charge is 0.266 e. The van der Waals surface area contributed by atoms with E-state index >= 15 is 0 Å². The van der Waals surface area contributed by atoms with Crippen molar-refractivity contribution < 1.29 is 17.9 Å². The number of sulfonamides is 1. The first-order valence-electron chi connectivity index (χ1n) is 8.29. The van der Waals surface area contributed by atoms with Gasteiger partial charge in [0.05, 0.1) is 16.9 Å². The normalized spacial score (nSPS) is 16.1. The Morgan fingerprint density at radius 1 is 1.21 bits per heavy atom. The van der Waals surface area contributed by atoms with Crippen molar-refractivity contribution in [2.75, 3.05) is 13.7 Å². The van der Waals surface area contributed by atoms with Crippen molar-refractivity contribution in [2.24, 2.45) is 5.14 Å². The summed E-state index contributed by atoms with van der Waals surface area (Å²) in [6.07, 6.45) is 2.34. The zero-order valence-electron chi connectivity index (χ0n) is 15.0. The van der Waals surface area contributed by atoms with Gasteiger partial charge in [-0.25, -0.2) is 13.6 Å². The second-order valence-corrected chi connectivity index (χ2v) is 9.29. The van der Waals surface area contributed by atoms with Gasteiger partial charge in [-0.2, -0.15) is 0 Å². The standard InChI is InChI=1S/C19H18N2O4S3/c1-25-15-4-2-3-14(11-15)12-17-18(22)21(19(26)27-17)10-9-13-5-7-16(8-6-13)28(20,23)24/h2-8,11-12H,9-10H2,1H3,(H2,20,23,24)/b17-12+. The fraction of sp³-hybridized carbons (Fsp3) is 0.158. The SMILES string of the molecule is COc1cccc(/C=C2/SC(=S)N(CCc3ccc(S(N)(=O)=O)cc3)C2=O)c1. The van der Waals surface area contributed by atoms with Crippen LogP contribution >= 0.6 is 24.0 Å². The van der Waals surface area contributed by atoms with Gasteiger partial charge in [0.15, 0.2) is 0 Å². The number of methoxy groups -OCH3 is 1. The Morgan fingerprint density at radius 2 is 1.93 bits per heavy atom. The van der Waals surface area contributed by atoms with Crippen molar-refractivity contribution in [3.63, 3.8) is 0 Å². The maximum absolute atomic E-state index is 12.7. The molecule has 146 valence electrons. The van der Waals surface area contributed by atoms with Crippen molar-refractivity contribution in [1.82, 2.24) is 4.90 Å². The predicted octanol–water partition coefficient (Wildman–Crippen LogP) is 2.79. The van der Waals surface area contributed by atoms with Crippen molar-refractivity contribution >= 4 is 50.3 Å². The van der Waals surface area contributed by atoms with Crippen LogP contribution in [0.15, 0.2) is 58.3 Å². The molecule has 2 aromatic rings. The number of benzene rings is 2. The number of hydrogen-bond acceptors (Lipinski definition) is 6. The van der Waals surface area contributed by atoms with Crippen LogP contribution in [0.2, 0.25) is 0 Å². The fourth-order valence-corrected chi connectivity index (χ4v) is 4.49. The van der Waals surface area contributed by atoms with Gasteiger partial charge in [-0.15, -0.1) is 0 Å². The lowest BCUT2D eigenvalue weighted by molar-refractivity contribution is -0.122. The average molecular weight is 435 g/mol. The molecule has 2 N–H and O–H groups in total. The molecular formula is C19H18N2O4S3. The molecule has 6 nitrogen and oxygen atoms in total. The number of thiocarbonyl (C=S) groups is 1. The predicted molar refractivity (Wildman–Crippen MR) is 114 cm³/mol. The number of hydrogen-bond donors (Lipinski definition) is 1. The first kappa shape index (κ1) is 20.5. The van der Waals surface area contributed by atoms with Crippen LogP contribution in [0, 0.1) is 0 Å². The second-order valence-electron chi connectivity index (χ2n) is 6.05. The lowest BCUT2D eigenvalue weighted by Gasteiger charge is -2.14. The van der Waals surface area contributed by atoms with E-state index in [9.17, 15) is 13.2 Å². The summed E-state index contributed by atoms with van der Waals surface area (Å²) < 4.78 is 28.3. The molecule has 1 heterocycles. The number of thioether (sulfide) groups is 1. The number of carbonyl (C=O) groups excluding carboxylic acids is 1. The third-order valence-corrected chi connectivity index (χ3v) is 6.45. The van der Waals surface area contributed by atoms with Crippen LogP contribution in [0.1, 0.15) is 11.1 Å². The summed E-state index contributed by atoms with van der Waals surface area (Å²) in [5, 5.41) is 5.10. The fourth-order valence-electron chi connectivity index (χ4n) is 2.66. The molecule has 9 heteroatoms. The van der Waals surface area contributed by atoms with Crippen molar-refractivity contribution in [1.29, 1.82) is 0 Å². The monoisotopic (exact) mass is 434 g/mol. The molecule has 3 rings (SSSR count). The molecule has 1 aliphatic heterocycles. The molecule has 0 aromatic heterocycles. The Hall–Kier alpha value is -2.20. The van der Waals surface area contributed by atoms with Crippen LogP contribution in [-0.4, -0.2) is 37.2 Å². The zero-order chi connectivity index (χ0) is 20.3. The number of nitrogens with two attached hydrogens (primary N) is 1. The van der Waals surface area contributed by atoms with E-state index in [1.54, 1.807) is 30.2 Å². The van der Waals surface area contributed by atoms with Gasteiger partial charge >= 0.3 is 0 Å². The number of rotatable bonds is 6. The molecule has 1 amide bonds. The summed E-state index contributed by atoms with van der Waals surface area (Å²) in [5.41, 5.74) is 1.75. The highest BCUT2D eigenvalue weighted by molar-refractivity contribution is 8.26. The molecule has 1 fully saturated rings. The van der Waals surface area contributed by atoms with Crippen LogP contribution < -0.4 is 9.88 Å². The van der Waals surface area contributed by atoms with Gasteiger partial charge in [0.1, 0.15) is 10.1 Å².